The maximum Gasteiger partial charge on any atom is 0.522 e. The number of halogens is 4. The number of benzene rings is 1. The highest BCUT2D eigenvalue weighted by molar-refractivity contribution is 7.85. The molecule has 0 amide bonds. The molecule has 0 aliphatic heterocycles. The highest BCUT2D eigenvalue weighted by Gasteiger charge is 2.29. The van der Waals surface area contributed by atoms with E-state index < -0.39 is 23.8 Å². The number of alkyl halides is 3. The lowest BCUT2D eigenvalue weighted by atomic mass is 10.3. The fourth-order valence-electron chi connectivity index (χ4n) is 1.05. The van der Waals surface area contributed by atoms with Crippen molar-refractivity contribution in [2.75, 3.05) is 18.1 Å². The molecule has 0 aromatic heterocycles. The summed E-state index contributed by atoms with van der Waals surface area (Å²) >= 11 is 5.67. The quantitative estimate of drug-likeness (QED) is 0.866. The fourth-order valence-corrected chi connectivity index (χ4v) is 2.33. The number of hydrogen-bond donors (Lipinski definition) is 1. The van der Waals surface area contributed by atoms with Crippen LogP contribution in [0.25, 0.3) is 0 Å². The van der Waals surface area contributed by atoms with Crippen LogP contribution in [0.1, 0.15) is 0 Å². The third-order valence-electron chi connectivity index (χ3n) is 1.76. The van der Waals surface area contributed by atoms with Crippen LogP contribution in [0.4, 0.5) is 18.9 Å². The van der Waals surface area contributed by atoms with Crippen LogP contribution < -0.4 is 5.73 Å². The van der Waals surface area contributed by atoms with Gasteiger partial charge in [0.2, 0.25) is 0 Å². The number of rotatable bonds is 4. The number of nitrogen functional groups attached to an aromatic ring is 1. The molecular weight excluding hydrogens is 279 g/mol. The van der Waals surface area contributed by atoms with E-state index in [0.29, 0.717) is 5.02 Å². The van der Waals surface area contributed by atoms with Crippen molar-refractivity contribution in [3.8, 4) is 0 Å². The van der Waals surface area contributed by atoms with Gasteiger partial charge in [-0.25, -0.2) is 0 Å². The van der Waals surface area contributed by atoms with Gasteiger partial charge in [0.05, 0.1) is 28.1 Å². The Bertz CT molecular complexity index is 425. The second-order valence-corrected chi connectivity index (χ2v) is 5.00. The van der Waals surface area contributed by atoms with Crippen molar-refractivity contribution in [3.63, 3.8) is 0 Å². The molecule has 0 aliphatic rings. The molecule has 17 heavy (non-hydrogen) atoms. The summed E-state index contributed by atoms with van der Waals surface area (Å²) < 4.78 is 50.2. The van der Waals surface area contributed by atoms with E-state index in [1.165, 1.54) is 18.2 Å². The van der Waals surface area contributed by atoms with Crippen LogP contribution in [-0.4, -0.2) is 22.9 Å². The Kier molecular flexibility index (Phi) is 4.79. The van der Waals surface area contributed by atoms with E-state index in [9.17, 15) is 17.4 Å². The molecule has 3 nitrogen and oxygen atoms in total. The van der Waals surface area contributed by atoms with Crippen molar-refractivity contribution < 1.29 is 22.1 Å². The van der Waals surface area contributed by atoms with Gasteiger partial charge in [-0.2, -0.15) is 0 Å². The molecule has 0 spiro atoms. The summed E-state index contributed by atoms with van der Waals surface area (Å²) in [4.78, 5) is 0.211. The first kappa shape index (κ1) is 14.3. The van der Waals surface area contributed by atoms with Gasteiger partial charge in [-0.3, -0.25) is 8.95 Å². The minimum atomic E-state index is -4.72. The average molecular weight is 288 g/mol. The first-order valence-electron chi connectivity index (χ1n) is 4.43. The molecule has 0 fully saturated rings. The molecule has 96 valence electrons. The third kappa shape index (κ3) is 4.93. The maximum atomic E-state index is 11.7. The van der Waals surface area contributed by atoms with Gasteiger partial charge < -0.3 is 5.73 Å². The van der Waals surface area contributed by atoms with Crippen molar-refractivity contribution in [1.29, 1.82) is 0 Å². The van der Waals surface area contributed by atoms with Crippen molar-refractivity contribution in [2.24, 2.45) is 0 Å². The van der Waals surface area contributed by atoms with Crippen LogP contribution in [0.15, 0.2) is 23.1 Å². The Morgan fingerprint density at radius 1 is 1.41 bits per heavy atom. The lowest BCUT2D eigenvalue weighted by Crippen LogP contribution is -2.18. The van der Waals surface area contributed by atoms with Crippen molar-refractivity contribution in [3.05, 3.63) is 23.2 Å². The summed E-state index contributed by atoms with van der Waals surface area (Å²) in [5.74, 6) is -0.302. The van der Waals surface area contributed by atoms with Crippen LogP contribution >= 0.6 is 11.6 Å². The number of nitrogens with two attached hydrogens (primary N) is 1. The predicted molar refractivity (Wildman–Crippen MR) is 59.1 cm³/mol. The zero-order valence-corrected chi connectivity index (χ0v) is 10.0. The molecule has 8 heteroatoms. The summed E-state index contributed by atoms with van der Waals surface area (Å²) in [6.07, 6.45) is -4.72. The summed E-state index contributed by atoms with van der Waals surface area (Å²) in [5.41, 5.74) is 5.76. The van der Waals surface area contributed by atoms with Gasteiger partial charge >= 0.3 is 6.36 Å². The second-order valence-electron chi connectivity index (χ2n) is 3.03. The minimum absolute atomic E-state index is 0.211. The van der Waals surface area contributed by atoms with E-state index >= 15 is 0 Å². The molecule has 0 saturated heterocycles. The van der Waals surface area contributed by atoms with Gasteiger partial charge in [-0.15, -0.1) is 13.2 Å². The van der Waals surface area contributed by atoms with Crippen LogP contribution in [0.5, 0.6) is 0 Å². The molecule has 1 atom stereocenters. The van der Waals surface area contributed by atoms with Gasteiger partial charge in [0, 0.05) is 10.7 Å². The van der Waals surface area contributed by atoms with Crippen molar-refractivity contribution >= 4 is 28.1 Å². The molecule has 0 radical (unpaired) electrons. The topological polar surface area (TPSA) is 52.3 Å². The van der Waals surface area contributed by atoms with Gasteiger partial charge in [-0.1, -0.05) is 11.6 Å². The first-order chi connectivity index (χ1) is 7.79. The smallest absolute Gasteiger partial charge is 0.398 e. The van der Waals surface area contributed by atoms with E-state index in [1.54, 1.807) is 0 Å². The lowest BCUT2D eigenvalue weighted by molar-refractivity contribution is -0.322. The van der Waals surface area contributed by atoms with E-state index in [-0.39, 0.29) is 16.3 Å². The monoisotopic (exact) mass is 287 g/mol. The zero-order chi connectivity index (χ0) is 13.1. The summed E-state index contributed by atoms with van der Waals surface area (Å²) in [6.45, 7) is -0.692. The Morgan fingerprint density at radius 3 is 2.65 bits per heavy atom. The largest absolute Gasteiger partial charge is 0.522 e. The summed E-state index contributed by atoms with van der Waals surface area (Å²) in [5, 5.41) is 0.319. The van der Waals surface area contributed by atoms with Gasteiger partial charge in [0.1, 0.15) is 0 Å². The van der Waals surface area contributed by atoms with Gasteiger partial charge in [-0.05, 0) is 18.2 Å². The van der Waals surface area contributed by atoms with Crippen LogP contribution in [0.3, 0.4) is 0 Å². The third-order valence-corrected chi connectivity index (χ3v) is 3.37. The highest BCUT2D eigenvalue weighted by Crippen LogP contribution is 2.22. The predicted octanol–water partition coefficient (Wildman–Crippen LogP) is 2.57. The molecule has 1 unspecified atom stereocenters. The molecule has 0 aliphatic carbocycles. The fraction of sp³-hybridized carbons (Fsp3) is 0.333. The Balaban J connectivity index is 2.61. The van der Waals surface area contributed by atoms with E-state index in [1.807, 2.05) is 0 Å². The van der Waals surface area contributed by atoms with Crippen LogP contribution in [0, 0.1) is 0 Å². The SMILES string of the molecule is Nc1ccc(Cl)cc1S(=O)CCOC(F)(F)F. The summed E-state index contributed by atoms with van der Waals surface area (Å²) in [6, 6.07) is 4.31. The standard InChI is InChI=1S/C9H9ClF3NO2S/c10-6-1-2-7(14)8(5-6)17(15)4-3-16-9(11,12)13/h1-2,5H,3-4,14H2. The van der Waals surface area contributed by atoms with Gasteiger partial charge in [0.25, 0.3) is 0 Å². The van der Waals surface area contributed by atoms with E-state index in [0.717, 1.165) is 0 Å². The Hall–Kier alpha value is -0.790. The zero-order valence-electron chi connectivity index (χ0n) is 8.46. The van der Waals surface area contributed by atoms with Crippen molar-refractivity contribution in [2.45, 2.75) is 11.3 Å². The lowest BCUT2D eigenvalue weighted by Gasteiger charge is -2.08. The molecule has 1 aromatic carbocycles. The number of hydrogen-bond acceptors (Lipinski definition) is 3. The van der Waals surface area contributed by atoms with E-state index in [4.69, 9.17) is 17.3 Å². The molecule has 0 heterocycles. The molecule has 0 bridgehead atoms. The normalized spacial score (nSPS) is 13.6. The van der Waals surface area contributed by atoms with Crippen LogP contribution in [-0.2, 0) is 15.5 Å². The van der Waals surface area contributed by atoms with Crippen LogP contribution in [0.2, 0.25) is 5.02 Å². The molecular formula is C9H9ClF3NO2S. The summed E-state index contributed by atoms with van der Waals surface area (Å²) in [7, 11) is -1.67. The molecule has 0 saturated carbocycles. The van der Waals surface area contributed by atoms with Crippen molar-refractivity contribution in [1.82, 2.24) is 0 Å². The van der Waals surface area contributed by atoms with E-state index in [2.05, 4.69) is 4.74 Å². The molecule has 1 aromatic rings. The maximum absolute atomic E-state index is 11.7. The Morgan fingerprint density at radius 2 is 2.06 bits per heavy atom. The van der Waals surface area contributed by atoms with Gasteiger partial charge in [0.15, 0.2) is 0 Å². The Labute approximate surface area is 103 Å². The molecule has 1 rings (SSSR count). The number of anilines is 1. The average Bonchev–Trinajstić information content (AvgIpc) is 2.19. The first-order valence-corrected chi connectivity index (χ1v) is 6.13. The number of ether oxygens (including phenoxy) is 1. The highest BCUT2D eigenvalue weighted by atomic mass is 35.5. The minimum Gasteiger partial charge on any atom is -0.398 e. The second kappa shape index (κ2) is 5.70. The molecule has 2 N–H and O–H groups in total.